The predicted molar refractivity (Wildman–Crippen MR) is 82.7 cm³/mol. The summed E-state index contributed by atoms with van der Waals surface area (Å²) >= 11 is 0. The van der Waals surface area contributed by atoms with E-state index in [1.165, 1.54) is 12.0 Å². The molecular formula is C17H29NO. The number of rotatable bonds is 9. The Kier molecular flexibility index (Phi) is 7.11. The monoisotopic (exact) mass is 263 g/mol. The van der Waals surface area contributed by atoms with Crippen LogP contribution in [0.25, 0.3) is 0 Å². The lowest BCUT2D eigenvalue weighted by atomic mass is 9.76. The summed E-state index contributed by atoms with van der Waals surface area (Å²) < 4.78 is 5.19. The topological polar surface area (TPSA) is 21.3 Å². The minimum Gasteiger partial charge on any atom is -0.385 e. The summed E-state index contributed by atoms with van der Waals surface area (Å²) in [7, 11) is 1.77. The van der Waals surface area contributed by atoms with Crippen molar-refractivity contribution in [1.82, 2.24) is 5.32 Å². The van der Waals surface area contributed by atoms with E-state index in [1.54, 1.807) is 7.11 Å². The maximum absolute atomic E-state index is 5.19. The second kappa shape index (κ2) is 8.34. The van der Waals surface area contributed by atoms with Crippen molar-refractivity contribution in [3.63, 3.8) is 0 Å². The zero-order chi connectivity index (χ0) is 14.1. The third-order valence-electron chi connectivity index (χ3n) is 3.87. The van der Waals surface area contributed by atoms with Crippen LogP contribution in [0, 0.1) is 0 Å². The Balaban J connectivity index is 2.75. The first-order valence-electron chi connectivity index (χ1n) is 7.40. The summed E-state index contributed by atoms with van der Waals surface area (Å²) in [4.78, 5) is 0. The van der Waals surface area contributed by atoms with Crippen molar-refractivity contribution in [1.29, 1.82) is 0 Å². The molecule has 0 aromatic heterocycles. The Bertz CT molecular complexity index is 334. The van der Waals surface area contributed by atoms with Crippen LogP contribution >= 0.6 is 0 Å². The van der Waals surface area contributed by atoms with E-state index < -0.39 is 0 Å². The summed E-state index contributed by atoms with van der Waals surface area (Å²) in [6, 6.07) is 11.3. The molecule has 0 heterocycles. The smallest absolute Gasteiger partial charge is 0.0462 e. The molecule has 1 aromatic carbocycles. The summed E-state index contributed by atoms with van der Waals surface area (Å²) in [5, 5.41) is 3.71. The summed E-state index contributed by atoms with van der Waals surface area (Å²) in [6.07, 6.45) is 3.43. The minimum absolute atomic E-state index is 0.143. The van der Waals surface area contributed by atoms with Crippen molar-refractivity contribution in [2.24, 2.45) is 0 Å². The van der Waals surface area contributed by atoms with Crippen LogP contribution in [0.5, 0.6) is 0 Å². The molecular weight excluding hydrogens is 234 g/mol. The fourth-order valence-electron chi connectivity index (χ4n) is 2.54. The number of nitrogens with one attached hydrogen (secondary N) is 1. The lowest BCUT2D eigenvalue weighted by Gasteiger charge is -2.36. The van der Waals surface area contributed by atoms with Crippen LogP contribution in [0.15, 0.2) is 30.3 Å². The molecule has 0 bridgehead atoms. The molecule has 0 saturated heterocycles. The van der Waals surface area contributed by atoms with Crippen LogP contribution in [-0.4, -0.2) is 26.3 Å². The van der Waals surface area contributed by atoms with Crippen LogP contribution < -0.4 is 5.32 Å². The van der Waals surface area contributed by atoms with Gasteiger partial charge in [-0.2, -0.15) is 0 Å². The normalized spacial score (nSPS) is 13.5. The molecule has 1 N–H and O–H groups in total. The van der Waals surface area contributed by atoms with Crippen molar-refractivity contribution in [2.75, 3.05) is 20.3 Å². The first-order valence-corrected chi connectivity index (χ1v) is 7.40. The van der Waals surface area contributed by atoms with E-state index in [9.17, 15) is 0 Å². The number of benzene rings is 1. The third-order valence-corrected chi connectivity index (χ3v) is 3.87. The van der Waals surface area contributed by atoms with Gasteiger partial charge in [0.2, 0.25) is 0 Å². The third kappa shape index (κ3) is 4.96. The summed E-state index contributed by atoms with van der Waals surface area (Å²) in [6.45, 7) is 8.81. The van der Waals surface area contributed by atoms with Crippen molar-refractivity contribution >= 4 is 0 Å². The van der Waals surface area contributed by atoms with Crippen molar-refractivity contribution in [2.45, 2.75) is 51.5 Å². The lowest BCUT2D eigenvalue weighted by Crippen LogP contribution is -2.45. The fraction of sp³-hybridized carbons (Fsp3) is 0.647. The Morgan fingerprint density at radius 2 is 1.89 bits per heavy atom. The number of methoxy groups -OCH3 is 1. The highest BCUT2D eigenvalue weighted by Gasteiger charge is 2.30. The molecule has 1 atom stereocenters. The first kappa shape index (κ1) is 16.2. The maximum atomic E-state index is 5.19. The molecule has 0 spiro atoms. The molecule has 0 aliphatic rings. The van der Waals surface area contributed by atoms with E-state index in [2.05, 4.69) is 56.4 Å². The molecule has 108 valence electrons. The molecule has 0 amide bonds. The van der Waals surface area contributed by atoms with Crippen LogP contribution in [-0.2, 0) is 10.2 Å². The summed E-state index contributed by atoms with van der Waals surface area (Å²) in [5.74, 6) is 0. The van der Waals surface area contributed by atoms with Gasteiger partial charge in [-0.05, 0) is 31.4 Å². The molecule has 1 rings (SSSR count). The average Bonchev–Trinajstić information content (AvgIpc) is 2.43. The van der Waals surface area contributed by atoms with E-state index >= 15 is 0 Å². The molecule has 19 heavy (non-hydrogen) atoms. The molecule has 2 nitrogen and oxygen atoms in total. The van der Waals surface area contributed by atoms with Gasteiger partial charge in [0, 0.05) is 25.2 Å². The van der Waals surface area contributed by atoms with Gasteiger partial charge in [-0.15, -0.1) is 0 Å². The van der Waals surface area contributed by atoms with Gasteiger partial charge in [-0.25, -0.2) is 0 Å². The van der Waals surface area contributed by atoms with E-state index in [1.807, 2.05) is 0 Å². The van der Waals surface area contributed by atoms with Crippen LogP contribution in [0.1, 0.15) is 45.6 Å². The summed E-state index contributed by atoms with van der Waals surface area (Å²) in [5.41, 5.74) is 1.55. The van der Waals surface area contributed by atoms with Gasteiger partial charge in [0.25, 0.3) is 0 Å². The van der Waals surface area contributed by atoms with Gasteiger partial charge in [0.05, 0.1) is 0 Å². The van der Waals surface area contributed by atoms with Gasteiger partial charge in [0.15, 0.2) is 0 Å². The fourth-order valence-corrected chi connectivity index (χ4v) is 2.54. The minimum atomic E-state index is 0.143. The highest BCUT2D eigenvalue weighted by Crippen LogP contribution is 2.29. The Morgan fingerprint density at radius 3 is 2.47 bits per heavy atom. The molecule has 1 aromatic rings. The number of hydrogen-bond donors (Lipinski definition) is 1. The van der Waals surface area contributed by atoms with Gasteiger partial charge < -0.3 is 10.1 Å². The molecule has 2 heteroatoms. The lowest BCUT2D eigenvalue weighted by molar-refractivity contribution is 0.182. The zero-order valence-electron chi connectivity index (χ0n) is 12.9. The van der Waals surface area contributed by atoms with Gasteiger partial charge in [0.1, 0.15) is 0 Å². The highest BCUT2D eigenvalue weighted by atomic mass is 16.5. The second-order valence-electron chi connectivity index (χ2n) is 5.73. The predicted octanol–water partition coefficient (Wildman–Crippen LogP) is 3.76. The van der Waals surface area contributed by atoms with Crippen LogP contribution in [0.2, 0.25) is 0 Å². The largest absolute Gasteiger partial charge is 0.385 e. The molecule has 0 fully saturated rings. The van der Waals surface area contributed by atoms with Crippen LogP contribution in [0.4, 0.5) is 0 Å². The Morgan fingerprint density at radius 1 is 1.21 bits per heavy atom. The molecule has 0 radical (unpaired) electrons. The highest BCUT2D eigenvalue weighted by molar-refractivity contribution is 5.25. The van der Waals surface area contributed by atoms with Gasteiger partial charge in [-0.3, -0.25) is 0 Å². The average molecular weight is 263 g/mol. The first-order chi connectivity index (χ1) is 9.12. The van der Waals surface area contributed by atoms with Gasteiger partial charge in [-0.1, -0.05) is 51.1 Å². The van der Waals surface area contributed by atoms with Crippen molar-refractivity contribution < 1.29 is 4.74 Å². The van der Waals surface area contributed by atoms with E-state index in [-0.39, 0.29) is 5.41 Å². The Labute approximate surface area is 118 Å². The standard InChI is InChI=1S/C17H29NO/c1-5-13-18-16(12-9-14-19-4)17(2,3)15-10-7-6-8-11-15/h6-8,10-11,16,18H,5,9,12-14H2,1-4H3. The SMILES string of the molecule is CCCNC(CCCOC)C(C)(C)c1ccccc1. The van der Waals surface area contributed by atoms with Gasteiger partial charge >= 0.3 is 0 Å². The molecule has 1 unspecified atom stereocenters. The second-order valence-corrected chi connectivity index (χ2v) is 5.73. The van der Waals surface area contributed by atoms with Crippen LogP contribution in [0.3, 0.4) is 0 Å². The van der Waals surface area contributed by atoms with E-state index in [0.29, 0.717) is 6.04 Å². The number of ether oxygens (including phenoxy) is 1. The molecule has 0 aliphatic heterocycles. The number of hydrogen-bond acceptors (Lipinski definition) is 2. The quantitative estimate of drug-likeness (QED) is 0.685. The molecule has 0 saturated carbocycles. The molecule has 0 aliphatic carbocycles. The van der Waals surface area contributed by atoms with Crippen molar-refractivity contribution in [3.8, 4) is 0 Å². The van der Waals surface area contributed by atoms with E-state index in [0.717, 1.165) is 26.0 Å². The van der Waals surface area contributed by atoms with E-state index in [4.69, 9.17) is 4.74 Å². The maximum Gasteiger partial charge on any atom is 0.0462 e. The zero-order valence-corrected chi connectivity index (χ0v) is 12.9. The Hall–Kier alpha value is -0.860. The van der Waals surface area contributed by atoms with Crippen molar-refractivity contribution in [3.05, 3.63) is 35.9 Å².